The number of benzene rings is 1. The maximum atomic E-state index is 11.2. The first kappa shape index (κ1) is 11.7. The van der Waals surface area contributed by atoms with E-state index in [4.69, 9.17) is 10.5 Å². The highest BCUT2D eigenvalue weighted by molar-refractivity contribution is 5.74. The van der Waals surface area contributed by atoms with Crippen molar-refractivity contribution in [2.75, 3.05) is 6.54 Å². The zero-order chi connectivity index (χ0) is 11.1. The van der Waals surface area contributed by atoms with Gasteiger partial charge in [-0.1, -0.05) is 30.3 Å². The Morgan fingerprint density at radius 1 is 1.40 bits per heavy atom. The highest BCUT2D eigenvalue weighted by Crippen LogP contribution is 2.02. The van der Waals surface area contributed by atoms with E-state index < -0.39 is 12.1 Å². The highest BCUT2D eigenvalue weighted by Gasteiger charge is 2.15. The Balaban J connectivity index is 2.34. The van der Waals surface area contributed by atoms with Gasteiger partial charge in [0.2, 0.25) is 0 Å². The van der Waals surface area contributed by atoms with E-state index in [2.05, 4.69) is 0 Å². The van der Waals surface area contributed by atoms with Crippen LogP contribution in [0.5, 0.6) is 0 Å². The zero-order valence-corrected chi connectivity index (χ0v) is 8.43. The number of carbonyl (C=O) groups excluding carboxylic acids is 1. The van der Waals surface area contributed by atoms with Crippen molar-refractivity contribution in [1.82, 2.24) is 0 Å². The Morgan fingerprint density at radius 3 is 2.67 bits per heavy atom. The van der Waals surface area contributed by atoms with Crippen LogP contribution in [0, 0.1) is 0 Å². The van der Waals surface area contributed by atoms with Crippen molar-refractivity contribution in [3.63, 3.8) is 0 Å². The lowest BCUT2D eigenvalue weighted by Crippen LogP contribution is -2.25. The van der Waals surface area contributed by atoms with Gasteiger partial charge in [-0.15, -0.1) is 0 Å². The van der Waals surface area contributed by atoms with Crippen molar-refractivity contribution in [2.24, 2.45) is 5.73 Å². The van der Waals surface area contributed by atoms with Crippen LogP contribution in [0.1, 0.15) is 12.0 Å². The molecule has 1 aromatic rings. The van der Waals surface area contributed by atoms with Gasteiger partial charge in [0, 0.05) is 0 Å². The average Bonchev–Trinajstić information content (AvgIpc) is 2.27. The summed E-state index contributed by atoms with van der Waals surface area (Å²) in [7, 11) is 0. The molecule has 0 unspecified atom stereocenters. The molecule has 0 aliphatic heterocycles. The Hall–Kier alpha value is -1.39. The molecule has 4 heteroatoms. The molecule has 1 atom stereocenters. The van der Waals surface area contributed by atoms with Gasteiger partial charge in [-0.05, 0) is 18.5 Å². The number of aliphatic hydroxyl groups excluding tert-OH is 1. The van der Waals surface area contributed by atoms with Crippen LogP contribution in [-0.2, 0) is 16.1 Å². The highest BCUT2D eigenvalue weighted by atomic mass is 16.5. The fraction of sp³-hybridized carbons (Fsp3) is 0.364. The van der Waals surface area contributed by atoms with Gasteiger partial charge in [0.15, 0.2) is 6.10 Å². The molecule has 0 bridgehead atoms. The molecule has 0 aliphatic carbocycles. The molecule has 0 aliphatic rings. The number of rotatable bonds is 5. The summed E-state index contributed by atoms with van der Waals surface area (Å²) in [5, 5.41) is 9.24. The van der Waals surface area contributed by atoms with Gasteiger partial charge < -0.3 is 15.6 Å². The monoisotopic (exact) mass is 209 g/mol. The molecule has 0 saturated heterocycles. The predicted octanol–water partition coefficient (Wildman–Crippen LogP) is 0.439. The van der Waals surface area contributed by atoms with Crippen LogP contribution in [0.2, 0.25) is 0 Å². The lowest BCUT2D eigenvalue weighted by atomic mass is 10.2. The van der Waals surface area contributed by atoms with E-state index in [-0.39, 0.29) is 19.6 Å². The second-order valence-electron chi connectivity index (χ2n) is 3.19. The second kappa shape index (κ2) is 6.16. The minimum absolute atomic E-state index is 0.182. The van der Waals surface area contributed by atoms with Crippen molar-refractivity contribution < 1.29 is 14.6 Å². The van der Waals surface area contributed by atoms with E-state index in [1.807, 2.05) is 30.3 Å². The number of carbonyl (C=O) groups is 1. The van der Waals surface area contributed by atoms with Crippen molar-refractivity contribution in [3.05, 3.63) is 35.9 Å². The van der Waals surface area contributed by atoms with Crippen molar-refractivity contribution in [1.29, 1.82) is 0 Å². The average molecular weight is 209 g/mol. The Kier molecular flexibility index (Phi) is 4.80. The summed E-state index contributed by atoms with van der Waals surface area (Å²) < 4.78 is 4.90. The van der Waals surface area contributed by atoms with E-state index in [9.17, 15) is 9.90 Å². The fourth-order valence-corrected chi connectivity index (χ4v) is 1.10. The van der Waals surface area contributed by atoms with Gasteiger partial charge in [-0.25, -0.2) is 4.79 Å². The van der Waals surface area contributed by atoms with E-state index in [1.54, 1.807) is 0 Å². The number of hydrogen-bond acceptors (Lipinski definition) is 4. The van der Waals surface area contributed by atoms with Crippen molar-refractivity contribution >= 4 is 5.97 Å². The summed E-state index contributed by atoms with van der Waals surface area (Å²) >= 11 is 0. The summed E-state index contributed by atoms with van der Waals surface area (Å²) in [6, 6.07) is 9.30. The van der Waals surface area contributed by atoms with Crippen LogP contribution in [0.15, 0.2) is 30.3 Å². The molecular formula is C11H15NO3. The summed E-state index contributed by atoms with van der Waals surface area (Å²) in [4.78, 5) is 11.2. The number of ether oxygens (including phenoxy) is 1. The molecule has 0 amide bonds. The number of hydrogen-bond donors (Lipinski definition) is 2. The Labute approximate surface area is 88.7 Å². The first-order chi connectivity index (χ1) is 7.24. The first-order valence-corrected chi connectivity index (χ1v) is 4.82. The van der Waals surface area contributed by atoms with Crippen LogP contribution in [0.4, 0.5) is 0 Å². The molecule has 4 nitrogen and oxygen atoms in total. The second-order valence-corrected chi connectivity index (χ2v) is 3.19. The molecule has 0 fully saturated rings. The number of nitrogens with two attached hydrogens (primary N) is 1. The van der Waals surface area contributed by atoms with E-state index in [0.717, 1.165) is 5.56 Å². The quantitative estimate of drug-likeness (QED) is 0.690. The molecular weight excluding hydrogens is 194 g/mol. The minimum Gasteiger partial charge on any atom is -0.459 e. The van der Waals surface area contributed by atoms with Gasteiger partial charge in [0.05, 0.1) is 0 Å². The van der Waals surface area contributed by atoms with E-state index >= 15 is 0 Å². The van der Waals surface area contributed by atoms with Crippen LogP contribution < -0.4 is 5.73 Å². The lowest BCUT2D eigenvalue weighted by molar-refractivity contribution is -0.155. The topological polar surface area (TPSA) is 72.5 Å². The fourth-order valence-electron chi connectivity index (χ4n) is 1.10. The smallest absolute Gasteiger partial charge is 0.335 e. The third-order valence-corrected chi connectivity index (χ3v) is 1.94. The predicted molar refractivity (Wildman–Crippen MR) is 55.9 cm³/mol. The summed E-state index contributed by atoms with van der Waals surface area (Å²) in [5.74, 6) is -0.621. The van der Waals surface area contributed by atoms with E-state index in [1.165, 1.54) is 0 Å². The SMILES string of the molecule is NCC[C@H](O)C(=O)OCc1ccccc1. The number of aliphatic hydroxyl groups is 1. The van der Waals surface area contributed by atoms with Crippen molar-refractivity contribution in [3.8, 4) is 0 Å². The Bertz CT molecular complexity index is 300. The molecule has 15 heavy (non-hydrogen) atoms. The third kappa shape index (κ3) is 4.10. The van der Waals surface area contributed by atoms with Gasteiger partial charge in [-0.2, -0.15) is 0 Å². The van der Waals surface area contributed by atoms with Crippen LogP contribution in [0.3, 0.4) is 0 Å². The first-order valence-electron chi connectivity index (χ1n) is 4.82. The zero-order valence-electron chi connectivity index (χ0n) is 8.43. The lowest BCUT2D eigenvalue weighted by Gasteiger charge is -2.09. The summed E-state index contributed by atoms with van der Waals surface area (Å²) in [6.07, 6.45) is -0.883. The van der Waals surface area contributed by atoms with Gasteiger partial charge in [0.1, 0.15) is 6.61 Å². The van der Waals surface area contributed by atoms with Gasteiger partial charge >= 0.3 is 5.97 Å². The van der Waals surface area contributed by atoms with E-state index in [0.29, 0.717) is 0 Å². The normalized spacial score (nSPS) is 12.1. The molecule has 82 valence electrons. The number of esters is 1. The van der Waals surface area contributed by atoms with Crippen molar-refractivity contribution in [2.45, 2.75) is 19.1 Å². The third-order valence-electron chi connectivity index (χ3n) is 1.94. The Morgan fingerprint density at radius 2 is 2.07 bits per heavy atom. The molecule has 3 N–H and O–H groups in total. The van der Waals surface area contributed by atoms with Crippen LogP contribution in [0.25, 0.3) is 0 Å². The standard InChI is InChI=1S/C11H15NO3/c12-7-6-10(13)11(14)15-8-9-4-2-1-3-5-9/h1-5,10,13H,6-8,12H2/t10-/m0/s1. The molecule has 1 rings (SSSR count). The van der Waals surface area contributed by atoms with Crippen LogP contribution in [-0.4, -0.2) is 23.7 Å². The molecule has 0 spiro atoms. The molecule has 1 aromatic carbocycles. The largest absolute Gasteiger partial charge is 0.459 e. The molecule has 0 saturated carbocycles. The molecule has 0 heterocycles. The van der Waals surface area contributed by atoms with Crippen LogP contribution >= 0.6 is 0 Å². The molecule has 0 radical (unpaired) electrons. The van der Waals surface area contributed by atoms with Gasteiger partial charge in [-0.3, -0.25) is 0 Å². The summed E-state index contributed by atoms with van der Waals surface area (Å²) in [6.45, 7) is 0.447. The van der Waals surface area contributed by atoms with Gasteiger partial charge in [0.25, 0.3) is 0 Å². The molecule has 0 aromatic heterocycles. The summed E-state index contributed by atoms with van der Waals surface area (Å²) in [5.41, 5.74) is 6.10. The maximum Gasteiger partial charge on any atom is 0.335 e. The minimum atomic E-state index is -1.11. The maximum absolute atomic E-state index is 11.2.